The number of piperidine rings is 1. The number of hydrogen-bond acceptors (Lipinski definition) is 3. The number of urea groups is 1. The topological polar surface area (TPSA) is 36.0 Å². The molecule has 2 aromatic rings. The third-order valence-electron chi connectivity index (χ3n) is 7.63. The Morgan fingerprint density at radius 2 is 1.59 bits per heavy atom. The molecule has 0 unspecified atom stereocenters. The van der Waals surface area contributed by atoms with Crippen LogP contribution in [0.1, 0.15) is 50.7 Å². The SMILES string of the molecule is CC(C)COc1ccc(CN2CC3(CC3)CN(C3CCN(Cc4ccccc4)CC3)C2=O)cc1. The number of amides is 2. The maximum atomic E-state index is 13.6. The summed E-state index contributed by atoms with van der Waals surface area (Å²) in [5.41, 5.74) is 2.88. The second-order valence-electron chi connectivity index (χ2n) is 11.1. The van der Waals surface area contributed by atoms with E-state index >= 15 is 0 Å². The molecular formula is C29H39N3O2. The lowest BCUT2D eigenvalue weighted by Crippen LogP contribution is -2.58. The summed E-state index contributed by atoms with van der Waals surface area (Å²) >= 11 is 0. The number of benzene rings is 2. The van der Waals surface area contributed by atoms with Crippen molar-refractivity contribution in [1.29, 1.82) is 0 Å². The number of hydrogen-bond donors (Lipinski definition) is 0. The molecule has 0 bridgehead atoms. The van der Waals surface area contributed by atoms with Gasteiger partial charge in [-0.25, -0.2) is 4.79 Å². The van der Waals surface area contributed by atoms with Gasteiger partial charge in [0.25, 0.3) is 0 Å². The first-order valence-electron chi connectivity index (χ1n) is 13.0. The first-order valence-corrected chi connectivity index (χ1v) is 13.0. The Kier molecular flexibility index (Phi) is 6.82. The van der Waals surface area contributed by atoms with Crippen LogP contribution in [-0.4, -0.2) is 59.6 Å². The third kappa shape index (κ3) is 5.57. The first kappa shape index (κ1) is 23.2. The lowest BCUT2D eigenvalue weighted by atomic mass is 9.96. The zero-order chi connectivity index (χ0) is 23.5. The van der Waals surface area contributed by atoms with Gasteiger partial charge in [-0.3, -0.25) is 4.90 Å². The minimum Gasteiger partial charge on any atom is -0.493 e. The molecule has 5 rings (SSSR count). The van der Waals surface area contributed by atoms with E-state index in [-0.39, 0.29) is 6.03 Å². The van der Waals surface area contributed by atoms with Crippen LogP contribution >= 0.6 is 0 Å². The van der Waals surface area contributed by atoms with Gasteiger partial charge in [0.15, 0.2) is 0 Å². The predicted molar refractivity (Wildman–Crippen MR) is 136 cm³/mol. The van der Waals surface area contributed by atoms with Crippen molar-refractivity contribution >= 4 is 6.03 Å². The van der Waals surface area contributed by atoms with Gasteiger partial charge in [-0.1, -0.05) is 56.3 Å². The average Bonchev–Trinajstić information content (AvgIpc) is 3.60. The summed E-state index contributed by atoms with van der Waals surface area (Å²) in [4.78, 5) is 20.5. The van der Waals surface area contributed by atoms with Crippen LogP contribution < -0.4 is 4.74 Å². The third-order valence-corrected chi connectivity index (χ3v) is 7.63. The van der Waals surface area contributed by atoms with Gasteiger partial charge in [0.1, 0.15) is 5.75 Å². The van der Waals surface area contributed by atoms with Gasteiger partial charge in [0, 0.05) is 50.7 Å². The van der Waals surface area contributed by atoms with Crippen LogP contribution in [0.5, 0.6) is 5.75 Å². The second kappa shape index (κ2) is 9.99. The molecule has 182 valence electrons. The predicted octanol–water partition coefficient (Wildman–Crippen LogP) is 5.40. The fourth-order valence-electron chi connectivity index (χ4n) is 5.44. The maximum Gasteiger partial charge on any atom is 0.320 e. The van der Waals surface area contributed by atoms with E-state index in [1.165, 1.54) is 24.0 Å². The monoisotopic (exact) mass is 461 g/mol. The number of carbonyl (C=O) groups is 1. The van der Waals surface area contributed by atoms with E-state index in [2.05, 4.69) is 71.0 Å². The standard InChI is InChI=1S/C29H39N3O2/c1-23(2)20-34-27-10-8-25(9-11-27)19-31-21-29(14-15-29)22-32(28(31)33)26-12-16-30(17-13-26)18-24-6-4-3-5-7-24/h3-11,23,26H,12-22H2,1-2H3. The minimum absolute atomic E-state index is 0.235. The molecule has 1 spiro atoms. The molecule has 0 atom stereocenters. The van der Waals surface area contributed by atoms with Gasteiger partial charge >= 0.3 is 6.03 Å². The summed E-state index contributed by atoms with van der Waals surface area (Å²) < 4.78 is 5.83. The van der Waals surface area contributed by atoms with Crippen molar-refractivity contribution in [3.05, 3.63) is 65.7 Å². The van der Waals surface area contributed by atoms with Gasteiger partial charge < -0.3 is 14.5 Å². The van der Waals surface area contributed by atoms with Gasteiger partial charge in [-0.15, -0.1) is 0 Å². The number of likely N-dealkylation sites (tertiary alicyclic amines) is 1. The van der Waals surface area contributed by atoms with E-state index < -0.39 is 0 Å². The van der Waals surface area contributed by atoms with Crippen LogP contribution in [0.4, 0.5) is 4.79 Å². The fraction of sp³-hybridized carbons (Fsp3) is 0.552. The molecule has 0 aromatic heterocycles. The molecule has 34 heavy (non-hydrogen) atoms. The zero-order valence-corrected chi connectivity index (χ0v) is 20.8. The van der Waals surface area contributed by atoms with Crippen molar-refractivity contribution in [2.45, 2.75) is 58.7 Å². The largest absolute Gasteiger partial charge is 0.493 e. The highest BCUT2D eigenvalue weighted by Gasteiger charge is 2.52. The Bertz CT molecular complexity index is 947. The molecule has 2 aliphatic heterocycles. The average molecular weight is 462 g/mol. The van der Waals surface area contributed by atoms with Crippen LogP contribution in [0.15, 0.2) is 54.6 Å². The van der Waals surface area contributed by atoms with E-state index in [0.29, 0.717) is 23.9 Å². The molecule has 0 N–H and O–H groups in total. The summed E-state index contributed by atoms with van der Waals surface area (Å²) in [5.74, 6) is 1.42. The van der Waals surface area contributed by atoms with Crippen LogP contribution in [0.3, 0.4) is 0 Å². The molecule has 0 radical (unpaired) electrons. The normalized spacial score (nSPS) is 20.9. The minimum atomic E-state index is 0.235. The van der Waals surface area contributed by atoms with E-state index in [9.17, 15) is 4.79 Å². The molecule has 1 saturated carbocycles. The molecule has 2 heterocycles. The number of ether oxygens (including phenoxy) is 1. The molecule has 2 aromatic carbocycles. The number of rotatable bonds is 8. The molecule has 3 fully saturated rings. The van der Waals surface area contributed by atoms with Crippen LogP contribution in [0.25, 0.3) is 0 Å². The summed E-state index contributed by atoms with van der Waals surface area (Å²) in [6.45, 7) is 10.7. The van der Waals surface area contributed by atoms with E-state index in [4.69, 9.17) is 4.74 Å². The Morgan fingerprint density at radius 3 is 2.24 bits per heavy atom. The highest BCUT2D eigenvalue weighted by atomic mass is 16.5. The highest BCUT2D eigenvalue weighted by Crippen LogP contribution is 2.50. The summed E-state index contributed by atoms with van der Waals surface area (Å²) in [6, 6.07) is 19.6. The molecule has 2 saturated heterocycles. The summed E-state index contributed by atoms with van der Waals surface area (Å²) in [6.07, 6.45) is 4.65. The Balaban J connectivity index is 1.19. The highest BCUT2D eigenvalue weighted by molar-refractivity contribution is 5.76. The second-order valence-corrected chi connectivity index (χ2v) is 11.1. The Morgan fingerprint density at radius 1 is 0.912 bits per heavy atom. The van der Waals surface area contributed by atoms with Crippen LogP contribution in [0, 0.1) is 11.3 Å². The first-order chi connectivity index (χ1) is 16.5. The Hall–Kier alpha value is -2.53. The van der Waals surface area contributed by atoms with Gasteiger partial charge in [-0.2, -0.15) is 0 Å². The fourth-order valence-corrected chi connectivity index (χ4v) is 5.44. The van der Waals surface area contributed by atoms with Crippen molar-refractivity contribution in [3.8, 4) is 5.75 Å². The van der Waals surface area contributed by atoms with Crippen molar-refractivity contribution in [2.75, 3.05) is 32.8 Å². The molecule has 2 amide bonds. The van der Waals surface area contributed by atoms with Crippen LogP contribution in [-0.2, 0) is 13.1 Å². The molecule has 3 aliphatic rings. The van der Waals surface area contributed by atoms with Crippen molar-refractivity contribution in [2.24, 2.45) is 11.3 Å². The summed E-state index contributed by atoms with van der Waals surface area (Å²) in [5, 5.41) is 0. The summed E-state index contributed by atoms with van der Waals surface area (Å²) in [7, 11) is 0. The lowest BCUT2D eigenvalue weighted by molar-refractivity contribution is 0.0477. The van der Waals surface area contributed by atoms with Gasteiger partial charge in [-0.05, 0) is 54.9 Å². The lowest BCUT2D eigenvalue weighted by Gasteiger charge is -2.46. The smallest absolute Gasteiger partial charge is 0.320 e. The van der Waals surface area contributed by atoms with E-state index in [1.807, 2.05) is 12.1 Å². The number of carbonyl (C=O) groups excluding carboxylic acids is 1. The van der Waals surface area contributed by atoms with E-state index in [1.54, 1.807) is 0 Å². The van der Waals surface area contributed by atoms with Crippen molar-refractivity contribution < 1.29 is 9.53 Å². The Labute approximate surface area is 204 Å². The van der Waals surface area contributed by atoms with Gasteiger partial charge in [0.2, 0.25) is 0 Å². The van der Waals surface area contributed by atoms with Crippen molar-refractivity contribution in [3.63, 3.8) is 0 Å². The van der Waals surface area contributed by atoms with E-state index in [0.717, 1.165) is 57.9 Å². The molecule has 5 nitrogen and oxygen atoms in total. The molecule has 5 heteroatoms. The zero-order valence-electron chi connectivity index (χ0n) is 20.8. The number of nitrogens with zero attached hydrogens (tertiary/aromatic N) is 3. The quantitative estimate of drug-likeness (QED) is 0.528. The maximum absolute atomic E-state index is 13.6. The van der Waals surface area contributed by atoms with Gasteiger partial charge in [0.05, 0.1) is 6.61 Å². The van der Waals surface area contributed by atoms with Crippen LogP contribution in [0.2, 0.25) is 0 Å². The molecular weight excluding hydrogens is 422 g/mol. The molecule has 1 aliphatic carbocycles. The van der Waals surface area contributed by atoms with Crippen molar-refractivity contribution in [1.82, 2.24) is 14.7 Å².